The number of nitrogens with zero attached hydrogens (tertiary/aromatic N) is 2. The molecule has 0 bridgehead atoms. The molecule has 13 heteroatoms. The lowest BCUT2D eigenvalue weighted by Crippen LogP contribution is -2.17. The molecule has 1 saturated heterocycles. The second-order valence-electron chi connectivity index (χ2n) is 6.80. The molecule has 1 unspecified atom stereocenters. The lowest BCUT2D eigenvalue weighted by atomic mass is 10.2. The van der Waals surface area contributed by atoms with Crippen LogP contribution < -0.4 is 4.72 Å². The lowest BCUT2D eigenvalue weighted by molar-refractivity contribution is -0.137. The summed E-state index contributed by atoms with van der Waals surface area (Å²) in [6, 6.07) is 2.19. The number of aryl methyl sites for hydroxylation is 1. The zero-order valence-electron chi connectivity index (χ0n) is 15.3. The van der Waals surface area contributed by atoms with Gasteiger partial charge in [0.2, 0.25) is 0 Å². The molecule has 1 fully saturated rings. The van der Waals surface area contributed by atoms with E-state index in [1.54, 1.807) is 0 Å². The van der Waals surface area contributed by atoms with E-state index in [9.17, 15) is 30.0 Å². The predicted molar refractivity (Wildman–Crippen MR) is 101 cm³/mol. The number of alkyl halides is 3. The molecule has 1 atom stereocenters. The Morgan fingerprint density at radius 3 is 2.48 bits per heavy atom. The third-order valence-electron chi connectivity index (χ3n) is 4.61. The van der Waals surface area contributed by atoms with Gasteiger partial charge in [0.15, 0.2) is 9.84 Å². The highest BCUT2D eigenvalue weighted by Gasteiger charge is 2.35. The van der Waals surface area contributed by atoms with E-state index in [0.717, 1.165) is 12.1 Å². The fraction of sp³-hybridized carbons (Fsp3) is 0.438. The molecule has 0 aliphatic carbocycles. The highest BCUT2D eigenvalue weighted by Crippen LogP contribution is 2.37. The van der Waals surface area contributed by atoms with E-state index in [0.29, 0.717) is 12.5 Å². The van der Waals surface area contributed by atoms with Crippen molar-refractivity contribution < 1.29 is 30.0 Å². The zero-order valence-corrected chi connectivity index (χ0v) is 17.7. The number of halogens is 4. The van der Waals surface area contributed by atoms with Crippen molar-refractivity contribution in [1.82, 2.24) is 9.78 Å². The molecular formula is C16H17ClF3N3O4S2. The van der Waals surface area contributed by atoms with E-state index in [1.807, 2.05) is 0 Å². The summed E-state index contributed by atoms with van der Waals surface area (Å²) in [5, 5.41) is 3.62. The number of benzene rings is 1. The van der Waals surface area contributed by atoms with Crippen molar-refractivity contribution in [3.05, 3.63) is 40.2 Å². The standard InChI is InChI=1S/C16H17ClF3N3O4S2/c1-9-15(10(2)23(21-9)12-5-6-28(24,25)8-12)29(26,27)22-11-3-4-14(17)13(7-11)16(18,19)20/h3-4,7,12,22H,5-6,8H2,1-2H3. The molecule has 1 aromatic heterocycles. The Bertz CT molecular complexity index is 1170. The van der Waals surface area contributed by atoms with Gasteiger partial charge in [-0.25, -0.2) is 16.8 Å². The van der Waals surface area contributed by atoms with Gasteiger partial charge in [0, 0.05) is 5.69 Å². The van der Waals surface area contributed by atoms with Crippen LogP contribution in [0, 0.1) is 13.8 Å². The van der Waals surface area contributed by atoms with Crippen molar-refractivity contribution in [1.29, 1.82) is 0 Å². The van der Waals surface area contributed by atoms with Crippen LogP contribution in [-0.2, 0) is 26.0 Å². The summed E-state index contributed by atoms with van der Waals surface area (Å²) in [5.41, 5.74) is -1.15. The maximum atomic E-state index is 13.0. The average Bonchev–Trinajstić information content (AvgIpc) is 3.07. The van der Waals surface area contributed by atoms with Gasteiger partial charge in [-0.1, -0.05) is 11.6 Å². The molecule has 1 aromatic carbocycles. The zero-order chi connectivity index (χ0) is 21.8. The minimum Gasteiger partial charge on any atom is -0.280 e. The fourth-order valence-corrected chi connectivity index (χ4v) is 6.74. The first-order valence-corrected chi connectivity index (χ1v) is 12.1. The first-order chi connectivity index (χ1) is 13.2. The van der Waals surface area contributed by atoms with Crippen LogP contribution in [0.4, 0.5) is 18.9 Å². The van der Waals surface area contributed by atoms with E-state index in [4.69, 9.17) is 11.6 Å². The van der Waals surface area contributed by atoms with Gasteiger partial charge in [-0.05, 0) is 38.5 Å². The fourth-order valence-electron chi connectivity index (χ4n) is 3.37. The van der Waals surface area contributed by atoms with Crippen LogP contribution >= 0.6 is 11.6 Å². The first-order valence-electron chi connectivity index (χ1n) is 8.37. The summed E-state index contributed by atoms with van der Waals surface area (Å²) in [6.07, 6.45) is -4.44. The summed E-state index contributed by atoms with van der Waals surface area (Å²) in [4.78, 5) is -0.203. The molecule has 1 aliphatic heterocycles. The minimum absolute atomic E-state index is 0.0126. The molecule has 29 heavy (non-hydrogen) atoms. The lowest BCUT2D eigenvalue weighted by Gasteiger charge is -2.14. The molecule has 160 valence electrons. The van der Waals surface area contributed by atoms with Gasteiger partial charge < -0.3 is 0 Å². The molecule has 2 aromatic rings. The number of sulfone groups is 1. The molecule has 0 amide bonds. The molecular weight excluding hydrogens is 455 g/mol. The quantitative estimate of drug-likeness (QED) is 0.737. The Labute approximate surface area is 170 Å². The molecule has 1 N–H and O–H groups in total. The number of aromatic nitrogens is 2. The molecule has 3 rings (SSSR count). The van der Waals surface area contributed by atoms with Crippen molar-refractivity contribution in [3.63, 3.8) is 0 Å². The van der Waals surface area contributed by atoms with Crippen LogP contribution in [0.25, 0.3) is 0 Å². The molecule has 7 nitrogen and oxygen atoms in total. The van der Waals surface area contributed by atoms with Crippen molar-refractivity contribution >= 4 is 37.1 Å². The van der Waals surface area contributed by atoms with Gasteiger partial charge >= 0.3 is 6.18 Å². The van der Waals surface area contributed by atoms with Crippen molar-refractivity contribution in [2.24, 2.45) is 0 Å². The van der Waals surface area contributed by atoms with Crippen LogP contribution in [0.15, 0.2) is 23.1 Å². The summed E-state index contributed by atoms with van der Waals surface area (Å²) in [7, 11) is -7.50. The maximum Gasteiger partial charge on any atom is 0.417 e. The van der Waals surface area contributed by atoms with Crippen LogP contribution in [0.3, 0.4) is 0 Å². The third-order valence-corrected chi connectivity index (χ3v) is 8.32. The summed E-state index contributed by atoms with van der Waals surface area (Å²) >= 11 is 5.56. The largest absolute Gasteiger partial charge is 0.417 e. The number of hydrogen-bond acceptors (Lipinski definition) is 5. The Hall–Kier alpha value is -1.79. The molecule has 0 spiro atoms. The molecule has 0 radical (unpaired) electrons. The van der Waals surface area contributed by atoms with E-state index < -0.39 is 42.7 Å². The Kier molecular flexibility index (Phi) is 5.41. The van der Waals surface area contributed by atoms with Gasteiger partial charge in [-0.2, -0.15) is 18.3 Å². The van der Waals surface area contributed by atoms with Gasteiger partial charge in [0.05, 0.1) is 39.5 Å². The van der Waals surface area contributed by atoms with Crippen LogP contribution in [-0.4, -0.2) is 38.1 Å². The van der Waals surface area contributed by atoms with Crippen LogP contribution in [0.5, 0.6) is 0 Å². The Morgan fingerprint density at radius 1 is 1.28 bits per heavy atom. The first kappa shape index (κ1) is 21.9. The topological polar surface area (TPSA) is 98.1 Å². The minimum atomic E-state index is -4.75. The second-order valence-corrected chi connectivity index (χ2v) is 11.1. The highest BCUT2D eigenvalue weighted by molar-refractivity contribution is 7.92. The summed E-state index contributed by atoms with van der Waals surface area (Å²) in [5.74, 6) is -0.157. The van der Waals surface area contributed by atoms with Gasteiger partial charge in [0.1, 0.15) is 4.90 Å². The monoisotopic (exact) mass is 471 g/mol. The molecule has 2 heterocycles. The number of rotatable bonds is 4. The Balaban J connectivity index is 1.97. The third kappa shape index (κ3) is 4.38. The normalized spacial score (nSPS) is 19.4. The SMILES string of the molecule is Cc1nn(C2CCS(=O)(=O)C2)c(C)c1S(=O)(=O)Nc1ccc(Cl)c(C(F)(F)F)c1. The van der Waals surface area contributed by atoms with E-state index in [2.05, 4.69) is 9.82 Å². The second kappa shape index (κ2) is 7.17. The maximum absolute atomic E-state index is 13.0. The Morgan fingerprint density at radius 2 is 1.93 bits per heavy atom. The van der Waals surface area contributed by atoms with Gasteiger partial charge in [-0.15, -0.1) is 0 Å². The molecule has 0 saturated carbocycles. The number of anilines is 1. The number of sulfonamides is 1. The van der Waals surface area contributed by atoms with Gasteiger partial charge in [-0.3, -0.25) is 9.40 Å². The van der Waals surface area contributed by atoms with Crippen LogP contribution in [0.1, 0.15) is 29.4 Å². The van der Waals surface area contributed by atoms with Gasteiger partial charge in [0.25, 0.3) is 10.0 Å². The van der Waals surface area contributed by atoms with Crippen molar-refractivity contribution in [3.8, 4) is 0 Å². The predicted octanol–water partition coefficient (Wildman–Crippen LogP) is 3.33. The van der Waals surface area contributed by atoms with E-state index >= 15 is 0 Å². The molecule has 1 aliphatic rings. The smallest absolute Gasteiger partial charge is 0.280 e. The number of hydrogen-bond donors (Lipinski definition) is 1. The van der Waals surface area contributed by atoms with Crippen molar-refractivity contribution in [2.45, 2.75) is 37.4 Å². The summed E-state index contributed by atoms with van der Waals surface area (Å²) in [6.45, 7) is 2.91. The van der Waals surface area contributed by atoms with Crippen molar-refractivity contribution in [2.75, 3.05) is 16.2 Å². The highest BCUT2D eigenvalue weighted by atomic mass is 35.5. The van der Waals surface area contributed by atoms with E-state index in [1.165, 1.54) is 18.5 Å². The summed E-state index contributed by atoms with van der Waals surface area (Å²) < 4.78 is 91.7. The van der Waals surface area contributed by atoms with Crippen LogP contribution in [0.2, 0.25) is 5.02 Å². The van der Waals surface area contributed by atoms with E-state index in [-0.39, 0.29) is 33.5 Å². The average molecular weight is 472 g/mol. The number of nitrogens with one attached hydrogen (secondary N) is 1.